The molecular weight excluding hydrogens is 286 g/mol. The molecule has 18 heavy (non-hydrogen) atoms. The zero-order valence-corrected chi connectivity index (χ0v) is 12.7. The van der Waals surface area contributed by atoms with Gasteiger partial charge in [-0.3, -0.25) is 0 Å². The van der Waals surface area contributed by atoms with Gasteiger partial charge in [0.1, 0.15) is 0 Å². The predicted molar refractivity (Wildman–Crippen MR) is 81.9 cm³/mol. The van der Waals surface area contributed by atoms with Crippen LogP contribution in [0.3, 0.4) is 0 Å². The first-order chi connectivity index (χ1) is 8.79. The summed E-state index contributed by atoms with van der Waals surface area (Å²) < 4.78 is 1.17. The molecule has 0 spiro atoms. The first kappa shape index (κ1) is 13.8. The summed E-state index contributed by atoms with van der Waals surface area (Å²) in [6, 6.07) is 9.18. The molecule has 0 aliphatic heterocycles. The Morgan fingerprint density at radius 2 is 2.22 bits per heavy atom. The minimum Gasteiger partial charge on any atom is -0.310 e. The van der Waals surface area contributed by atoms with Crippen molar-refractivity contribution in [2.75, 3.05) is 6.54 Å². The lowest BCUT2D eigenvalue weighted by Gasteiger charge is -2.24. The largest absolute Gasteiger partial charge is 0.310 e. The molecular formula is C16H22BrN. The Balaban J connectivity index is 2.08. The Bertz CT molecular complexity index is 411. The van der Waals surface area contributed by atoms with Crippen molar-refractivity contribution in [2.24, 2.45) is 0 Å². The number of likely N-dealkylation sites (N-methyl/N-ethyl adjacent to an activating group) is 1. The van der Waals surface area contributed by atoms with E-state index in [0.717, 1.165) is 13.0 Å². The fourth-order valence-corrected chi connectivity index (χ4v) is 3.11. The van der Waals surface area contributed by atoms with Crippen LogP contribution in [0.2, 0.25) is 0 Å². The summed E-state index contributed by atoms with van der Waals surface area (Å²) in [6.45, 7) is 3.23. The smallest absolute Gasteiger partial charge is 0.0319 e. The van der Waals surface area contributed by atoms with Gasteiger partial charge in [-0.05, 0) is 56.3 Å². The maximum absolute atomic E-state index is 3.64. The molecule has 1 aliphatic carbocycles. The van der Waals surface area contributed by atoms with Gasteiger partial charge in [0.2, 0.25) is 0 Å². The molecule has 0 radical (unpaired) electrons. The van der Waals surface area contributed by atoms with Gasteiger partial charge in [0.15, 0.2) is 0 Å². The molecule has 2 heteroatoms. The first-order valence-corrected chi connectivity index (χ1v) is 7.75. The first-order valence-electron chi connectivity index (χ1n) is 6.96. The highest BCUT2D eigenvalue weighted by Gasteiger charge is 2.15. The lowest BCUT2D eigenvalue weighted by Crippen LogP contribution is -2.33. The third-order valence-electron chi connectivity index (χ3n) is 3.55. The van der Waals surface area contributed by atoms with E-state index in [9.17, 15) is 0 Å². The van der Waals surface area contributed by atoms with Gasteiger partial charge in [0, 0.05) is 10.5 Å². The molecule has 2 rings (SSSR count). The number of allylic oxidation sites excluding steroid dienone is 1. The van der Waals surface area contributed by atoms with Crippen LogP contribution in [0, 0.1) is 0 Å². The summed E-state index contributed by atoms with van der Waals surface area (Å²) in [5.74, 6) is 0. The lowest BCUT2D eigenvalue weighted by molar-refractivity contribution is 0.541. The Labute approximate surface area is 119 Å². The minimum absolute atomic E-state index is 0.518. The van der Waals surface area contributed by atoms with E-state index in [-0.39, 0.29) is 0 Å². The number of rotatable bonds is 5. The molecule has 0 saturated heterocycles. The molecule has 98 valence electrons. The molecule has 0 fully saturated rings. The molecule has 1 aromatic carbocycles. The van der Waals surface area contributed by atoms with Crippen molar-refractivity contribution in [1.29, 1.82) is 0 Å². The van der Waals surface area contributed by atoms with Gasteiger partial charge in [-0.15, -0.1) is 0 Å². The van der Waals surface area contributed by atoms with Crippen LogP contribution in [0.15, 0.2) is 40.4 Å². The molecule has 0 bridgehead atoms. The van der Waals surface area contributed by atoms with Gasteiger partial charge < -0.3 is 5.32 Å². The molecule has 0 aromatic heterocycles. The molecule has 1 aliphatic rings. The molecule has 1 nitrogen and oxygen atoms in total. The summed E-state index contributed by atoms with van der Waals surface area (Å²) in [5, 5.41) is 3.64. The molecule has 0 heterocycles. The van der Waals surface area contributed by atoms with Gasteiger partial charge in [-0.2, -0.15) is 0 Å². The Kier molecular flexibility index (Phi) is 5.45. The lowest BCUT2D eigenvalue weighted by atomic mass is 9.90. The van der Waals surface area contributed by atoms with E-state index in [1.807, 2.05) is 0 Å². The highest BCUT2D eigenvalue weighted by Crippen LogP contribution is 2.23. The SMILES string of the molecule is CCNC(Cc1cccc(Br)c1)C1=CCCCC1. The molecule has 1 unspecified atom stereocenters. The molecule has 1 N–H and O–H groups in total. The van der Waals surface area contributed by atoms with Gasteiger partial charge >= 0.3 is 0 Å². The van der Waals surface area contributed by atoms with Crippen molar-refractivity contribution in [3.8, 4) is 0 Å². The average molecular weight is 308 g/mol. The monoisotopic (exact) mass is 307 g/mol. The summed E-state index contributed by atoms with van der Waals surface area (Å²) in [5.41, 5.74) is 3.02. The number of nitrogens with one attached hydrogen (secondary N) is 1. The molecule has 1 atom stereocenters. The van der Waals surface area contributed by atoms with E-state index in [2.05, 4.69) is 58.5 Å². The fourth-order valence-electron chi connectivity index (χ4n) is 2.66. The van der Waals surface area contributed by atoms with E-state index in [1.165, 1.54) is 35.7 Å². The Hall–Kier alpha value is -0.600. The molecule has 1 aromatic rings. The normalized spacial score (nSPS) is 17.3. The second-order valence-corrected chi connectivity index (χ2v) is 5.88. The van der Waals surface area contributed by atoms with Crippen molar-refractivity contribution in [3.63, 3.8) is 0 Å². The van der Waals surface area contributed by atoms with Crippen LogP contribution in [0.25, 0.3) is 0 Å². The summed E-state index contributed by atoms with van der Waals surface area (Å²) >= 11 is 3.55. The van der Waals surface area contributed by atoms with Gasteiger partial charge in [0.25, 0.3) is 0 Å². The van der Waals surface area contributed by atoms with Crippen LogP contribution in [-0.4, -0.2) is 12.6 Å². The van der Waals surface area contributed by atoms with Gasteiger partial charge in [-0.1, -0.05) is 46.6 Å². The predicted octanol–water partition coefficient (Wildman–Crippen LogP) is 4.47. The zero-order chi connectivity index (χ0) is 12.8. The molecule has 0 saturated carbocycles. The maximum atomic E-state index is 3.64. The van der Waals surface area contributed by atoms with Crippen LogP contribution >= 0.6 is 15.9 Å². The van der Waals surface area contributed by atoms with Crippen LogP contribution in [0.1, 0.15) is 38.2 Å². The number of benzene rings is 1. The van der Waals surface area contributed by atoms with E-state index in [4.69, 9.17) is 0 Å². The van der Waals surface area contributed by atoms with E-state index in [1.54, 1.807) is 5.57 Å². The van der Waals surface area contributed by atoms with Crippen LogP contribution in [0.5, 0.6) is 0 Å². The topological polar surface area (TPSA) is 12.0 Å². The van der Waals surface area contributed by atoms with E-state index >= 15 is 0 Å². The second-order valence-electron chi connectivity index (χ2n) is 4.97. The van der Waals surface area contributed by atoms with Crippen LogP contribution in [0.4, 0.5) is 0 Å². The number of halogens is 1. The van der Waals surface area contributed by atoms with Crippen molar-refractivity contribution < 1.29 is 0 Å². The second kappa shape index (κ2) is 7.10. The van der Waals surface area contributed by atoms with Crippen molar-refractivity contribution in [1.82, 2.24) is 5.32 Å². The van der Waals surface area contributed by atoms with Gasteiger partial charge in [-0.25, -0.2) is 0 Å². The average Bonchev–Trinajstić information content (AvgIpc) is 2.39. The molecule has 0 amide bonds. The quantitative estimate of drug-likeness (QED) is 0.791. The number of hydrogen-bond acceptors (Lipinski definition) is 1. The summed E-state index contributed by atoms with van der Waals surface area (Å²) in [7, 11) is 0. The standard InChI is InChI=1S/C16H22BrN/c1-2-18-16(14-8-4-3-5-9-14)12-13-7-6-10-15(17)11-13/h6-8,10-11,16,18H,2-5,9,12H2,1H3. The van der Waals surface area contributed by atoms with E-state index in [0.29, 0.717) is 6.04 Å². The van der Waals surface area contributed by atoms with E-state index < -0.39 is 0 Å². The number of hydrogen-bond donors (Lipinski definition) is 1. The highest BCUT2D eigenvalue weighted by molar-refractivity contribution is 9.10. The van der Waals surface area contributed by atoms with Crippen LogP contribution in [-0.2, 0) is 6.42 Å². The fraction of sp³-hybridized carbons (Fsp3) is 0.500. The minimum atomic E-state index is 0.518. The van der Waals surface area contributed by atoms with Crippen molar-refractivity contribution in [3.05, 3.63) is 46.0 Å². The summed E-state index contributed by atoms with van der Waals surface area (Å²) in [4.78, 5) is 0. The Morgan fingerprint density at radius 1 is 1.33 bits per heavy atom. The maximum Gasteiger partial charge on any atom is 0.0319 e. The summed E-state index contributed by atoms with van der Waals surface area (Å²) in [6.07, 6.45) is 8.79. The van der Waals surface area contributed by atoms with Crippen molar-refractivity contribution >= 4 is 15.9 Å². The highest BCUT2D eigenvalue weighted by atomic mass is 79.9. The van der Waals surface area contributed by atoms with Crippen LogP contribution < -0.4 is 5.32 Å². The van der Waals surface area contributed by atoms with Gasteiger partial charge in [0.05, 0.1) is 0 Å². The van der Waals surface area contributed by atoms with Crippen molar-refractivity contribution in [2.45, 2.75) is 45.1 Å². The Morgan fingerprint density at radius 3 is 2.89 bits per heavy atom. The zero-order valence-electron chi connectivity index (χ0n) is 11.1. The third-order valence-corrected chi connectivity index (χ3v) is 4.05. The third kappa shape index (κ3) is 3.96.